The van der Waals surface area contributed by atoms with Crippen molar-refractivity contribution in [3.05, 3.63) is 35.7 Å². The van der Waals surface area contributed by atoms with Gasteiger partial charge in [-0.1, -0.05) is 22.4 Å². The van der Waals surface area contributed by atoms with Crippen LogP contribution in [-0.2, 0) is 13.0 Å². The SMILES string of the molecule is COc1ccc(OC)c(Cc2nc3c(N)nc(F)nc3n2CCCCCBr)c1. The minimum Gasteiger partial charge on any atom is -0.497 e. The Labute approximate surface area is 171 Å². The fourth-order valence-corrected chi connectivity index (χ4v) is 3.54. The molecule has 3 aromatic rings. The summed E-state index contributed by atoms with van der Waals surface area (Å²) < 4.78 is 26.5. The van der Waals surface area contributed by atoms with Gasteiger partial charge in [-0.3, -0.25) is 0 Å². The summed E-state index contributed by atoms with van der Waals surface area (Å²) in [4.78, 5) is 12.2. The van der Waals surface area contributed by atoms with Crippen LogP contribution in [0.5, 0.6) is 11.5 Å². The minimum absolute atomic E-state index is 0.0422. The Morgan fingerprint density at radius 3 is 2.64 bits per heavy atom. The normalized spacial score (nSPS) is 11.1. The first-order chi connectivity index (χ1) is 13.6. The van der Waals surface area contributed by atoms with Crippen molar-refractivity contribution in [1.82, 2.24) is 19.5 Å². The van der Waals surface area contributed by atoms with Crippen molar-refractivity contribution in [1.29, 1.82) is 0 Å². The first-order valence-corrected chi connectivity index (χ1v) is 10.1. The van der Waals surface area contributed by atoms with E-state index in [9.17, 15) is 4.39 Å². The summed E-state index contributed by atoms with van der Waals surface area (Å²) in [7, 11) is 3.23. The molecule has 0 spiro atoms. The second kappa shape index (κ2) is 9.18. The molecule has 0 aliphatic rings. The van der Waals surface area contributed by atoms with E-state index in [2.05, 4.69) is 30.9 Å². The number of hydrogen-bond acceptors (Lipinski definition) is 6. The molecule has 0 amide bonds. The van der Waals surface area contributed by atoms with Crippen LogP contribution in [0.2, 0.25) is 0 Å². The van der Waals surface area contributed by atoms with Crippen molar-refractivity contribution in [2.75, 3.05) is 25.3 Å². The molecule has 0 aliphatic heterocycles. The number of aryl methyl sites for hydroxylation is 1. The number of hydrogen-bond donors (Lipinski definition) is 1. The van der Waals surface area contributed by atoms with Gasteiger partial charge in [0.2, 0.25) is 0 Å². The second-order valence-corrected chi connectivity index (χ2v) is 7.13. The number of halogens is 2. The fourth-order valence-electron chi connectivity index (χ4n) is 3.14. The third-order valence-corrected chi connectivity index (χ3v) is 5.09. The number of imidazole rings is 1. The minimum atomic E-state index is -0.850. The molecule has 2 heterocycles. The number of nitrogens with zero attached hydrogens (tertiary/aromatic N) is 4. The highest BCUT2D eigenvalue weighted by atomic mass is 79.9. The van der Waals surface area contributed by atoms with Gasteiger partial charge in [0.25, 0.3) is 0 Å². The van der Waals surface area contributed by atoms with Gasteiger partial charge in [0.1, 0.15) is 17.3 Å². The molecule has 9 heteroatoms. The summed E-state index contributed by atoms with van der Waals surface area (Å²) in [5.74, 6) is 2.22. The van der Waals surface area contributed by atoms with E-state index >= 15 is 0 Å². The molecular formula is C19H23BrFN5O2. The van der Waals surface area contributed by atoms with Gasteiger partial charge in [0.15, 0.2) is 17.0 Å². The number of unbranched alkanes of at least 4 members (excludes halogenated alkanes) is 2. The highest BCUT2D eigenvalue weighted by Crippen LogP contribution is 2.28. The number of fused-ring (bicyclic) bond motifs is 1. The molecule has 0 unspecified atom stereocenters. The number of nitrogens with two attached hydrogens (primary N) is 1. The third-order valence-electron chi connectivity index (χ3n) is 4.52. The molecule has 1 aromatic carbocycles. The predicted octanol–water partition coefficient (Wildman–Crippen LogP) is 3.72. The van der Waals surface area contributed by atoms with Gasteiger partial charge in [-0.2, -0.15) is 14.4 Å². The van der Waals surface area contributed by atoms with E-state index < -0.39 is 6.08 Å². The van der Waals surface area contributed by atoms with E-state index in [-0.39, 0.29) is 5.82 Å². The zero-order valence-corrected chi connectivity index (χ0v) is 17.5. The van der Waals surface area contributed by atoms with Crippen molar-refractivity contribution in [2.24, 2.45) is 0 Å². The molecule has 28 heavy (non-hydrogen) atoms. The first-order valence-electron chi connectivity index (χ1n) is 9.02. The van der Waals surface area contributed by atoms with Gasteiger partial charge < -0.3 is 19.8 Å². The summed E-state index contributed by atoms with van der Waals surface area (Å²) in [6.45, 7) is 0.668. The molecule has 0 saturated heterocycles. The van der Waals surface area contributed by atoms with Gasteiger partial charge in [0, 0.05) is 23.9 Å². The van der Waals surface area contributed by atoms with Crippen LogP contribution in [0.25, 0.3) is 11.2 Å². The van der Waals surface area contributed by atoms with Gasteiger partial charge in [-0.15, -0.1) is 0 Å². The van der Waals surface area contributed by atoms with E-state index in [1.54, 1.807) is 14.2 Å². The summed E-state index contributed by atoms with van der Waals surface area (Å²) in [6.07, 6.45) is 2.64. The quantitative estimate of drug-likeness (QED) is 0.303. The number of nitrogen functional groups attached to an aromatic ring is 1. The standard InChI is InChI=1S/C19H23BrFN5O2/c1-27-13-6-7-14(28-2)12(10-13)11-15-23-16-17(22)24-19(21)25-18(16)26(15)9-5-3-4-8-20/h6-7,10H,3-5,8-9,11H2,1-2H3,(H2,22,24,25). The summed E-state index contributed by atoms with van der Waals surface area (Å²) in [6, 6.07) is 5.60. The molecule has 2 aromatic heterocycles. The Morgan fingerprint density at radius 1 is 1.11 bits per heavy atom. The van der Waals surface area contributed by atoms with Crippen LogP contribution < -0.4 is 15.2 Å². The lowest BCUT2D eigenvalue weighted by Crippen LogP contribution is -2.07. The number of benzene rings is 1. The molecule has 0 saturated carbocycles. The molecule has 3 rings (SSSR count). The maximum absolute atomic E-state index is 13.8. The van der Waals surface area contributed by atoms with Gasteiger partial charge in [-0.05, 0) is 31.0 Å². The van der Waals surface area contributed by atoms with Crippen molar-refractivity contribution in [2.45, 2.75) is 32.2 Å². The molecular weight excluding hydrogens is 429 g/mol. The summed E-state index contributed by atoms with van der Waals surface area (Å²) >= 11 is 3.44. The highest BCUT2D eigenvalue weighted by Gasteiger charge is 2.18. The molecule has 7 nitrogen and oxygen atoms in total. The van der Waals surface area contributed by atoms with Crippen LogP contribution in [-0.4, -0.2) is 39.1 Å². The van der Waals surface area contributed by atoms with Gasteiger partial charge in [-0.25, -0.2) is 4.98 Å². The number of alkyl halides is 1. The zero-order valence-electron chi connectivity index (χ0n) is 15.9. The van der Waals surface area contributed by atoms with Crippen molar-refractivity contribution >= 4 is 32.9 Å². The summed E-state index contributed by atoms with van der Waals surface area (Å²) in [5.41, 5.74) is 7.63. The topological polar surface area (TPSA) is 88.1 Å². The smallest absolute Gasteiger partial charge is 0.312 e. The monoisotopic (exact) mass is 451 g/mol. The highest BCUT2D eigenvalue weighted by molar-refractivity contribution is 9.09. The lowest BCUT2D eigenvalue weighted by atomic mass is 10.1. The van der Waals surface area contributed by atoms with E-state index in [1.807, 2.05) is 22.8 Å². The van der Waals surface area contributed by atoms with Crippen molar-refractivity contribution in [3.8, 4) is 11.5 Å². The Hall–Kier alpha value is -2.42. The van der Waals surface area contributed by atoms with Crippen LogP contribution in [0, 0.1) is 6.08 Å². The third kappa shape index (κ3) is 4.35. The van der Waals surface area contributed by atoms with Crippen LogP contribution >= 0.6 is 15.9 Å². The molecule has 0 atom stereocenters. The van der Waals surface area contributed by atoms with E-state index in [0.29, 0.717) is 24.1 Å². The first kappa shape index (κ1) is 20.3. The second-order valence-electron chi connectivity index (χ2n) is 6.33. The number of anilines is 1. The van der Waals surface area contributed by atoms with Crippen molar-refractivity contribution < 1.29 is 13.9 Å². The average molecular weight is 452 g/mol. The average Bonchev–Trinajstić information content (AvgIpc) is 3.02. The summed E-state index contributed by atoms with van der Waals surface area (Å²) in [5, 5.41) is 0.954. The number of aromatic nitrogens is 4. The van der Waals surface area contributed by atoms with Crippen LogP contribution in [0.1, 0.15) is 30.7 Å². The van der Waals surface area contributed by atoms with Gasteiger partial charge in [0.05, 0.1) is 14.2 Å². The lowest BCUT2D eigenvalue weighted by Gasteiger charge is -2.12. The predicted molar refractivity (Wildman–Crippen MR) is 110 cm³/mol. The largest absolute Gasteiger partial charge is 0.497 e. The number of methoxy groups -OCH3 is 2. The zero-order chi connectivity index (χ0) is 20.1. The number of ether oxygens (including phenoxy) is 2. The molecule has 0 radical (unpaired) electrons. The maximum Gasteiger partial charge on any atom is 0.312 e. The van der Waals surface area contributed by atoms with E-state index in [4.69, 9.17) is 15.2 Å². The van der Waals surface area contributed by atoms with Gasteiger partial charge >= 0.3 is 6.08 Å². The number of rotatable bonds is 9. The Balaban J connectivity index is 2.03. The Kier molecular flexibility index (Phi) is 6.66. The van der Waals surface area contributed by atoms with Crippen LogP contribution in [0.15, 0.2) is 18.2 Å². The van der Waals surface area contributed by atoms with Crippen LogP contribution in [0.4, 0.5) is 10.2 Å². The van der Waals surface area contributed by atoms with E-state index in [1.165, 1.54) is 0 Å². The van der Waals surface area contributed by atoms with E-state index in [0.717, 1.165) is 47.5 Å². The lowest BCUT2D eigenvalue weighted by molar-refractivity contribution is 0.399. The Morgan fingerprint density at radius 2 is 1.93 bits per heavy atom. The molecule has 150 valence electrons. The fraction of sp³-hybridized carbons (Fsp3) is 0.421. The maximum atomic E-state index is 13.8. The molecule has 2 N–H and O–H groups in total. The molecule has 0 bridgehead atoms. The Bertz CT molecular complexity index is 963. The molecule has 0 aliphatic carbocycles. The van der Waals surface area contributed by atoms with Crippen LogP contribution in [0.3, 0.4) is 0 Å². The molecule has 0 fully saturated rings. The van der Waals surface area contributed by atoms with Crippen molar-refractivity contribution in [3.63, 3.8) is 0 Å².